The van der Waals surface area contributed by atoms with Crippen LogP contribution in [-0.2, 0) is 9.59 Å². The van der Waals surface area contributed by atoms with Gasteiger partial charge in [0.25, 0.3) is 0 Å². The molecular weight excluding hydrogens is 406 g/mol. The van der Waals surface area contributed by atoms with Gasteiger partial charge in [-0.2, -0.15) is 5.10 Å². The maximum atomic E-state index is 12.0. The predicted molar refractivity (Wildman–Crippen MR) is 118 cm³/mol. The Hall–Kier alpha value is -3.06. The fourth-order valence-electron chi connectivity index (χ4n) is 2.46. The number of para-hydroxylation sites is 1. The Balaban J connectivity index is 1.84. The first kappa shape index (κ1) is 23.2. The first-order valence-corrected chi connectivity index (χ1v) is 10.1. The fraction of sp³-hybridized carbons (Fsp3) is 0.318. The van der Waals surface area contributed by atoms with Gasteiger partial charge < -0.3 is 14.8 Å². The first-order chi connectivity index (χ1) is 14.4. The summed E-state index contributed by atoms with van der Waals surface area (Å²) in [6.07, 6.45) is 1.54. The van der Waals surface area contributed by atoms with E-state index in [0.717, 1.165) is 5.56 Å². The molecule has 0 bridgehead atoms. The number of hydrogen-bond acceptors (Lipinski definition) is 5. The van der Waals surface area contributed by atoms with E-state index in [2.05, 4.69) is 15.8 Å². The molecule has 0 spiro atoms. The van der Waals surface area contributed by atoms with Crippen LogP contribution >= 0.6 is 11.6 Å². The molecule has 0 aliphatic carbocycles. The Morgan fingerprint density at radius 1 is 1.10 bits per heavy atom. The summed E-state index contributed by atoms with van der Waals surface area (Å²) in [6, 6.07) is 12.3. The number of nitrogens with zero attached hydrogens (tertiary/aromatic N) is 1. The lowest BCUT2D eigenvalue weighted by atomic mass is 10.2. The third kappa shape index (κ3) is 7.75. The zero-order valence-electron chi connectivity index (χ0n) is 17.3. The maximum Gasteiger partial charge on any atom is 0.240 e. The molecule has 160 valence electrons. The van der Waals surface area contributed by atoms with Crippen LogP contribution in [0.15, 0.2) is 47.6 Å². The summed E-state index contributed by atoms with van der Waals surface area (Å²) in [5.41, 5.74) is 3.67. The highest BCUT2D eigenvalue weighted by Gasteiger charge is 2.09. The number of hydrazone groups is 1. The topological polar surface area (TPSA) is 89.0 Å². The maximum absolute atomic E-state index is 12.0. The Bertz CT molecular complexity index is 900. The zero-order valence-corrected chi connectivity index (χ0v) is 18.0. The number of rotatable bonds is 10. The highest BCUT2D eigenvalue weighted by Crippen LogP contribution is 2.29. The zero-order chi connectivity index (χ0) is 21.9. The van der Waals surface area contributed by atoms with E-state index in [1.165, 1.54) is 6.21 Å². The molecule has 2 aromatic carbocycles. The number of carbonyl (C=O) groups is 2. The summed E-state index contributed by atoms with van der Waals surface area (Å²) >= 11 is 5.99. The number of amides is 2. The smallest absolute Gasteiger partial charge is 0.240 e. The molecule has 0 aliphatic rings. The Morgan fingerprint density at radius 2 is 1.83 bits per heavy atom. The van der Waals surface area contributed by atoms with E-state index in [1.54, 1.807) is 36.4 Å². The van der Waals surface area contributed by atoms with Crippen molar-refractivity contribution >= 4 is 35.3 Å². The second-order valence-electron chi connectivity index (χ2n) is 6.63. The second kappa shape index (κ2) is 11.8. The molecule has 8 heteroatoms. The van der Waals surface area contributed by atoms with Crippen molar-refractivity contribution in [3.05, 3.63) is 53.1 Å². The first-order valence-electron chi connectivity index (χ1n) is 9.68. The van der Waals surface area contributed by atoms with Crippen LogP contribution in [0.4, 0.5) is 5.69 Å². The van der Waals surface area contributed by atoms with Crippen LogP contribution in [0.3, 0.4) is 0 Å². The van der Waals surface area contributed by atoms with Crippen LogP contribution in [-0.4, -0.2) is 30.7 Å². The van der Waals surface area contributed by atoms with Crippen LogP contribution in [0.25, 0.3) is 0 Å². The van der Waals surface area contributed by atoms with E-state index in [9.17, 15) is 9.59 Å². The largest absolute Gasteiger partial charge is 0.490 e. The highest BCUT2D eigenvalue weighted by molar-refractivity contribution is 6.33. The standard InChI is InChI=1S/C22H26ClN3O4/c1-4-29-20-13-16(9-10-19(20)30-15(2)3)14-24-26-22(28)12-11-21(27)25-18-8-6-5-7-17(18)23/h5-10,13-15H,4,11-12H2,1-3H3,(H,25,27)(H,26,28). The number of nitrogens with one attached hydrogen (secondary N) is 2. The predicted octanol–water partition coefficient (Wildman–Crippen LogP) is 4.39. The molecule has 0 aromatic heterocycles. The molecule has 2 amide bonds. The number of halogens is 1. The lowest BCUT2D eigenvalue weighted by Gasteiger charge is -2.14. The van der Waals surface area contributed by atoms with E-state index in [0.29, 0.717) is 28.8 Å². The summed E-state index contributed by atoms with van der Waals surface area (Å²) in [6.45, 7) is 6.27. The fourth-order valence-corrected chi connectivity index (χ4v) is 2.64. The minimum absolute atomic E-state index is 0.00100. The molecule has 0 unspecified atom stereocenters. The van der Waals surface area contributed by atoms with Gasteiger partial charge in [-0.1, -0.05) is 23.7 Å². The van der Waals surface area contributed by atoms with Gasteiger partial charge in [-0.3, -0.25) is 9.59 Å². The molecule has 0 aliphatic heterocycles. The van der Waals surface area contributed by atoms with Gasteiger partial charge in [0.15, 0.2) is 11.5 Å². The van der Waals surface area contributed by atoms with Crippen molar-refractivity contribution in [3.63, 3.8) is 0 Å². The Labute approximate surface area is 181 Å². The SMILES string of the molecule is CCOc1cc(C=NNC(=O)CCC(=O)Nc2ccccc2Cl)ccc1OC(C)C. The van der Waals surface area contributed by atoms with Gasteiger partial charge in [-0.05, 0) is 56.7 Å². The molecule has 30 heavy (non-hydrogen) atoms. The average molecular weight is 432 g/mol. The number of carbonyl (C=O) groups excluding carboxylic acids is 2. The average Bonchev–Trinajstić information content (AvgIpc) is 2.70. The normalized spacial score (nSPS) is 10.8. The van der Waals surface area contributed by atoms with Gasteiger partial charge in [-0.25, -0.2) is 5.43 Å². The van der Waals surface area contributed by atoms with Gasteiger partial charge in [0.1, 0.15) is 0 Å². The van der Waals surface area contributed by atoms with E-state index < -0.39 is 0 Å². The minimum atomic E-state index is -0.370. The van der Waals surface area contributed by atoms with Gasteiger partial charge in [0.05, 0.1) is 29.6 Å². The summed E-state index contributed by atoms with van der Waals surface area (Å²) in [7, 11) is 0. The van der Waals surface area contributed by atoms with Crippen molar-refractivity contribution in [1.29, 1.82) is 0 Å². The van der Waals surface area contributed by atoms with Crippen molar-refractivity contribution in [2.24, 2.45) is 5.10 Å². The summed E-state index contributed by atoms with van der Waals surface area (Å²) < 4.78 is 11.3. The van der Waals surface area contributed by atoms with Crippen molar-refractivity contribution < 1.29 is 19.1 Å². The van der Waals surface area contributed by atoms with Crippen molar-refractivity contribution in [2.45, 2.75) is 39.7 Å². The molecule has 0 saturated heterocycles. The molecule has 0 heterocycles. The van der Waals surface area contributed by atoms with Crippen molar-refractivity contribution in [2.75, 3.05) is 11.9 Å². The van der Waals surface area contributed by atoms with Crippen LogP contribution in [0.1, 0.15) is 39.2 Å². The van der Waals surface area contributed by atoms with E-state index in [1.807, 2.05) is 26.8 Å². The quantitative estimate of drug-likeness (QED) is 0.431. The van der Waals surface area contributed by atoms with E-state index in [4.69, 9.17) is 21.1 Å². The third-order valence-corrected chi connectivity index (χ3v) is 4.09. The summed E-state index contributed by atoms with van der Waals surface area (Å²) in [5.74, 6) is 0.588. The molecule has 0 atom stereocenters. The van der Waals surface area contributed by atoms with E-state index in [-0.39, 0.29) is 30.8 Å². The third-order valence-electron chi connectivity index (χ3n) is 3.76. The van der Waals surface area contributed by atoms with Crippen molar-refractivity contribution in [3.8, 4) is 11.5 Å². The number of anilines is 1. The number of ether oxygens (including phenoxy) is 2. The lowest BCUT2D eigenvalue weighted by Crippen LogP contribution is -2.20. The Morgan fingerprint density at radius 3 is 2.53 bits per heavy atom. The molecular formula is C22H26ClN3O4. The monoisotopic (exact) mass is 431 g/mol. The number of hydrogen-bond donors (Lipinski definition) is 2. The summed E-state index contributed by atoms with van der Waals surface area (Å²) in [5, 5.41) is 7.05. The van der Waals surface area contributed by atoms with Crippen molar-refractivity contribution in [1.82, 2.24) is 5.43 Å². The van der Waals surface area contributed by atoms with Crippen LogP contribution in [0, 0.1) is 0 Å². The number of benzene rings is 2. The lowest BCUT2D eigenvalue weighted by molar-refractivity contribution is -0.124. The molecule has 7 nitrogen and oxygen atoms in total. The Kier molecular flexibility index (Phi) is 9.15. The molecule has 0 radical (unpaired) electrons. The van der Waals surface area contributed by atoms with Gasteiger partial charge in [0, 0.05) is 12.8 Å². The van der Waals surface area contributed by atoms with Crippen LogP contribution < -0.4 is 20.2 Å². The molecule has 0 fully saturated rings. The summed E-state index contributed by atoms with van der Waals surface area (Å²) in [4.78, 5) is 23.9. The van der Waals surface area contributed by atoms with Crippen LogP contribution in [0.5, 0.6) is 11.5 Å². The molecule has 2 N–H and O–H groups in total. The molecule has 0 saturated carbocycles. The highest BCUT2D eigenvalue weighted by atomic mass is 35.5. The van der Waals surface area contributed by atoms with Gasteiger partial charge in [0.2, 0.25) is 11.8 Å². The van der Waals surface area contributed by atoms with Crippen LogP contribution in [0.2, 0.25) is 5.02 Å². The minimum Gasteiger partial charge on any atom is -0.490 e. The molecule has 2 rings (SSSR count). The van der Waals surface area contributed by atoms with Gasteiger partial charge >= 0.3 is 0 Å². The van der Waals surface area contributed by atoms with E-state index >= 15 is 0 Å². The molecule has 2 aromatic rings. The second-order valence-corrected chi connectivity index (χ2v) is 7.03. The van der Waals surface area contributed by atoms with Gasteiger partial charge in [-0.15, -0.1) is 0 Å².